The molecule has 0 aromatic heterocycles. The number of sulfonamides is 1. The Labute approximate surface area is 139 Å². The van der Waals surface area contributed by atoms with Crippen LogP contribution in [0.2, 0.25) is 0 Å². The van der Waals surface area contributed by atoms with Gasteiger partial charge in [-0.25, -0.2) is 17.2 Å². The van der Waals surface area contributed by atoms with Gasteiger partial charge in [0.25, 0.3) is 0 Å². The molecule has 2 unspecified atom stereocenters. The van der Waals surface area contributed by atoms with Crippen LogP contribution in [0.1, 0.15) is 19.8 Å². The van der Waals surface area contributed by atoms with Gasteiger partial charge in [-0.1, -0.05) is 6.92 Å². The summed E-state index contributed by atoms with van der Waals surface area (Å²) in [5.41, 5.74) is -0.358. The molecule has 0 saturated carbocycles. The third kappa shape index (κ3) is 5.41. The molecule has 1 amide bonds. The number of halogens is 2. The van der Waals surface area contributed by atoms with Crippen LogP contribution in [0.3, 0.4) is 0 Å². The van der Waals surface area contributed by atoms with E-state index in [-0.39, 0.29) is 11.8 Å². The number of hydrogen-bond donors (Lipinski definition) is 2. The van der Waals surface area contributed by atoms with E-state index in [1.165, 1.54) is 6.92 Å². The van der Waals surface area contributed by atoms with E-state index in [2.05, 4.69) is 5.32 Å². The molecule has 9 heteroatoms. The summed E-state index contributed by atoms with van der Waals surface area (Å²) in [6.45, 7) is 2.46. The van der Waals surface area contributed by atoms with Crippen LogP contribution in [-0.4, -0.2) is 39.3 Å². The van der Waals surface area contributed by atoms with E-state index in [1.54, 1.807) is 0 Å². The summed E-state index contributed by atoms with van der Waals surface area (Å²) in [4.78, 5) is 12.0. The number of nitrogens with one attached hydrogen (secondary N) is 2. The number of rotatable bonds is 7. The lowest BCUT2D eigenvalue weighted by atomic mass is 10.2. The Kier molecular flexibility index (Phi) is 6.11. The zero-order chi connectivity index (χ0) is 17.7. The first-order valence-corrected chi connectivity index (χ1v) is 9.27. The number of ether oxygens (including phenoxy) is 1. The average Bonchev–Trinajstić information content (AvgIpc) is 3.00. The SMILES string of the molecule is CC(CS(=O)(=O)Nc1ccc(F)cc1F)C(=O)NCC1CCCO1. The summed E-state index contributed by atoms with van der Waals surface area (Å²) in [6.07, 6.45) is 1.76. The predicted molar refractivity (Wildman–Crippen MR) is 84.9 cm³/mol. The van der Waals surface area contributed by atoms with Gasteiger partial charge in [0.05, 0.1) is 23.5 Å². The molecule has 6 nitrogen and oxygen atoms in total. The van der Waals surface area contributed by atoms with Gasteiger partial charge in [0, 0.05) is 19.2 Å². The normalized spacial score (nSPS) is 19.0. The molecule has 1 saturated heterocycles. The standard InChI is InChI=1S/C15H20F2N2O4S/c1-10(15(20)18-8-12-3-2-6-23-12)9-24(21,22)19-14-5-4-11(16)7-13(14)17/h4-5,7,10,12,19H,2-3,6,8-9H2,1H3,(H,18,20). The lowest BCUT2D eigenvalue weighted by Gasteiger charge is -2.16. The van der Waals surface area contributed by atoms with Crippen molar-refractivity contribution in [2.75, 3.05) is 23.6 Å². The van der Waals surface area contributed by atoms with Crippen molar-refractivity contribution in [1.82, 2.24) is 5.32 Å². The lowest BCUT2D eigenvalue weighted by molar-refractivity contribution is -0.124. The van der Waals surface area contributed by atoms with E-state index in [9.17, 15) is 22.0 Å². The van der Waals surface area contributed by atoms with Crippen LogP contribution in [0.4, 0.5) is 14.5 Å². The molecule has 2 N–H and O–H groups in total. The van der Waals surface area contributed by atoms with Gasteiger partial charge < -0.3 is 10.1 Å². The molecule has 0 radical (unpaired) electrons. The van der Waals surface area contributed by atoms with Crippen molar-refractivity contribution in [3.8, 4) is 0 Å². The minimum absolute atomic E-state index is 0.0378. The predicted octanol–water partition coefficient (Wildman–Crippen LogP) is 1.64. The third-order valence-corrected chi connectivity index (χ3v) is 5.11. The lowest BCUT2D eigenvalue weighted by Crippen LogP contribution is -2.38. The quantitative estimate of drug-likeness (QED) is 0.772. The Morgan fingerprint density at radius 2 is 2.17 bits per heavy atom. The zero-order valence-corrected chi connectivity index (χ0v) is 14.0. The Morgan fingerprint density at radius 1 is 1.42 bits per heavy atom. The summed E-state index contributed by atoms with van der Waals surface area (Å²) in [6, 6.07) is 2.51. The first-order valence-electron chi connectivity index (χ1n) is 7.61. The maximum atomic E-state index is 13.5. The second-order valence-corrected chi connectivity index (χ2v) is 7.56. The van der Waals surface area contributed by atoms with Gasteiger partial charge in [-0.15, -0.1) is 0 Å². The van der Waals surface area contributed by atoms with Crippen LogP contribution >= 0.6 is 0 Å². The van der Waals surface area contributed by atoms with Gasteiger partial charge in [-0.2, -0.15) is 0 Å². The fourth-order valence-electron chi connectivity index (χ4n) is 2.38. The molecule has 1 aromatic carbocycles. The van der Waals surface area contributed by atoms with Gasteiger partial charge in [0.2, 0.25) is 15.9 Å². The van der Waals surface area contributed by atoms with E-state index < -0.39 is 39.2 Å². The Balaban J connectivity index is 1.88. The first-order chi connectivity index (χ1) is 11.3. The maximum Gasteiger partial charge on any atom is 0.233 e. The van der Waals surface area contributed by atoms with Crippen LogP contribution in [0.15, 0.2) is 18.2 Å². The fourth-order valence-corrected chi connectivity index (χ4v) is 3.77. The molecule has 1 aromatic rings. The topological polar surface area (TPSA) is 84.5 Å². The van der Waals surface area contributed by atoms with E-state index in [1.807, 2.05) is 4.72 Å². The van der Waals surface area contributed by atoms with E-state index in [4.69, 9.17) is 4.74 Å². The highest BCUT2D eigenvalue weighted by atomic mass is 32.2. The second kappa shape index (κ2) is 7.89. The summed E-state index contributed by atoms with van der Waals surface area (Å²) < 4.78 is 57.8. The average molecular weight is 362 g/mol. The largest absolute Gasteiger partial charge is 0.376 e. The summed E-state index contributed by atoms with van der Waals surface area (Å²) in [5, 5.41) is 2.65. The zero-order valence-electron chi connectivity index (χ0n) is 13.2. The van der Waals surface area contributed by atoms with Gasteiger partial charge in [0.15, 0.2) is 0 Å². The van der Waals surface area contributed by atoms with Crippen molar-refractivity contribution in [3.63, 3.8) is 0 Å². The van der Waals surface area contributed by atoms with Crippen molar-refractivity contribution in [2.24, 2.45) is 5.92 Å². The molecule has 1 aliphatic heterocycles. The van der Waals surface area contributed by atoms with Crippen LogP contribution in [0.25, 0.3) is 0 Å². The second-order valence-electron chi connectivity index (χ2n) is 5.79. The Bertz CT molecular complexity index is 691. The molecule has 0 aliphatic carbocycles. The molecular formula is C15H20F2N2O4S. The monoisotopic (exact) mass is 362 g/mol. The van der Waals surface area contributed by atoms with E-state index in [0.29, 0.717) is 19.2 Å². The molecule has 1 aliphatic rings. The molecule has 2 atom stereocenters. The van der Waals surface area contributed by atoms with Gasteiger partial charge in [0.1, 0.15) is 11.6 Å². The number of carbonyl (C=O) groups excluding carboxylic acids is 1. The molecule has 0 bridgehead atoms. The first kappa shape index (κ1) is 18.6. The van der Waals surface area contributed by atoms with Crippen molar-refractivity contribution in [2.45, 2.75) is 25.9 Å². The van der Waals surface area contributed by atoms with Crippen molar-refractivity contribution >= 4 is 21.6 Å². The molecule has 0 spiro atoms. The van der Waals surface area contributed by atoms with E-state index in [0.717, 1.165) is 25.0 Å². The number of benzene rings is 1. The molecule has 2 rings (SSSR count). The van der Waals surface area contributed by atoms with Gasteiger partial charge in [-0.05, 0) is 25.0 Å². The summed E-state index contributed by atoms with van der Waals surface area (Å²) in [5.74, 6) is -3.59. The van der Waals surface area contributed by atoms with Crippen molar-refractivity contribution in [3.05, 3.63) is 29.8 Å². The smallest absolute Gasteiger partial charge is 0.233 e. The summed E-state index contributed by atoms with van der Waals surface area (Å²) >= 11 is 0. The van der Waals surface area contributed by atoms with Crippen LogP contribution in [0.5, 0.6) is 0 Å². The van der Waals surface area contributed by atoms with Crippen LogP contribution in [-0.2, 0) is 19.6 Å². The molecule has 24 heavy (non-hydrogen) atoms. The minimum atomic E-state index is -3.96. The molecule has 1 heterocycles. The Morgan fingerprint density at radius 3 is 2.79 bits per heavy atom. The highest BCUT2D eigenvalue weighted by molar-refractivity contribution is 7.92. The Hall–Kier alpha value is -1.74. The number of carbonyl (C=O) groups is 1. The highest BCUT2D eigenvalue weighted by Gasteiger charge is 2.24. The number of hydrogen-bond acceptors (Lipinski definition) is 4. The van der Waals surface area contributed by atoms with Crippen molar-refractivity contribution < 1.29 is 26.7 Å². The number of anilines is 1. The van der Waals surface area contributed by atoms with E-state index >= 15 is 0 Å². The maximum absolute atomic E-state index is 13.5. The van der Waals surface area contributed by atoms with Gasteiger partial charge >= 0.3 is 0 Å². The van der Waals surface area contributed by atoms with Crippen LogP contribution < -0.4 is 10.0 Å². The third-order valence-electron chi connectivity index (χ3n) is 3.64. The number of amides is 1. The van der Waals surface area contributed by atoms with Crippen molar-refractivity contribution in [1.29, 1.82) is 0 Å². The van der Waals surface area contributed by atoms with Crippen LogP contribution in [0, 0.1) is 17.6 Å². The van der Waals surface area contributed by atoms with Gasteiger partial charge in [-0.3, -0.25) is 9.52 Å². The molecular weight excluding hydrogens is 342 g/mol. The highest BCUT2D eigenvalue weighted by Crippen LogP contribution is 2.17. The summed E-state index contributed by atoms with van der Waals surface area (Å²) in [7, 11) is -3.96. The molecule has 1 fully saturated rings. The minimum Gasteiger partial charge on any atom is -0.376 e. The fraction of sp³-hybridized carbons (Fsp3) is 0.533. The molecule has 134 valence electrons.